The first kappa shape index (κ1) is 11.5. The Balaban J connectivity index is 1.71. The van der Waals surface area contributed by atoms with Gasteiger partial charge in [-0.2, -0.15) is 0 Å². The molecule has 0 spiro atoms. The molecule has 0 bridgehead atoms. The molecule has 2 atom stereocenters. The van der Waals surface area contributed by atoms with Gasteiger partial charge in [-0.25, -0.2) is 9.97 Å². The lowest BCUT2D eigenvalue weighted by molar-refractivity contribution is 0.286. The van der Waals surface area contributed by atoms with E-state index in [-0.39, 0.29) is 0 Å². The highest BCUT2D eigenvalue weighted by Crippen LogP contribution is 2.21. The number of hydrogen-bond acceptors (Lipinski definition) is 4. The van der Waals surface area contributed by atoms with E-state index in [0.717, 1.165) is 42.4 Å². The van der Waals surface area contributed by atoms with Crippen molar-refractivity contribution in [2.24, 2.45) is 11.8 Å². The van der Waals surface area contributed by atoms with E-state index in [2.05, 4.69) is 32.5 Å². The Bertz CT molecular complexity index is 521. The van der Waals surface area contributed by atoms with Gasteiger partial charge in [0.2, 0.25) is 0 Å². The Morgan fingerprint density at radius 2 is 2.39 bits per heavy atom. The molecule has 1 saturated heterocycles. The van der Waals surface area contributed by atoms with E-state index in [1.165, 1.54) is 6.42 Å². The minimum absolute atomic E-state index is 0.669. The third kappa shape index (κ3) is 2.18. The van der Waals surface area contributed by atoms with Gasteiger partial charge in [-0.15, -0.1) is 0 Å². The second-order valence-corrected chi connectivity index (χ2v) is 5.07. The predicted octanol–water partition coefficient (Wildman–Crippen LogP) is 1.62. The zero-order valence-electron chi connectivity index (χ0n) is 10.6. The first-order valence-corrected chi connectivity index (χ1v) is 6.57. The highest BCUT2D eigenvalue weighted by Gasteiger charge is 2.20. The standard InChI is InChI=1S/C13H19N5/c1-9-2-4-14-6-10(9)7-16-13-11-3-5-15-12(11)17-8-18-13/h3,5,8-10,14H,2,4,6-7H2,1H3,(H2,15,16,17,18). The van der Waals surface area contributed by atoms with Crippen LogP contribution < -0.4 is 10.6 Å². The lowest BCUT2D eigenvalue weighted by Gasteiger charge is -2.29. The molecule has 1 fully saturated rings. The Morgan fingerprint density at radius 1 is 1.44 bits per heavy atom. The van der Waals surface area contributed by atoms with Crippen molar-refractivity contribution in [1.29, 1.82) is 0 Å². The molecule has 1 aliphatic heterocycles. The van der Waals surface area contributed by atoms with Crippen molar-refractivity contribution in [3.05, 3.63) is 18.6 Å². The van der Waals surface area contributed by atoms with Crippen molar-refractivity contribution >= 4 is 16.9 Å². The number of aromatic nitrogens is 3. The number of anilines is 1. The number of H-pyrrole nitrogens is 1. The van der Waals surface area contributed by atoms with Gasteiger partial charge in [-0.05, 0) is 37.4 Å². The van der Waals surface area contributed by atoms with E-state index in [1.807, 2.05) is 12.3 Å². The molecule has 3 N–H and O–H groups in total. The molecular weight excluding hydrogens is 226 g/mol. The van der Waals surface area contributed by atoms with Crippen LogP contribution in [0.1, 0.15) is 13.3 Å². The van der Waals surface area contributed by atoms with Gasteiger partial charge in [-0.3, -0.25) is 0 Å². The minimum Gasteiger partial charge on any atom is -0.369 e. The van der Waals surface area contributed by atoms with E-state index in [4.69, 9.17) is 0 Å². The molecule has 5 heteroatoms. The molecule has 3 rings (SSSR count). The Labute approximate surface area is 106 Å². The quantitative estimate of drug-likeness (QED) is 0.768. The van der Waals surface area contributed by atoms with Crippen LogP contribution in [0.3, 0.4) is 0 Å². The number of rotatable bonds is 3. The summed E-state index contributed by atoms with van der Waals surface area (Å²) in [6.45, 7) is 5.53. The van der Waals surface area contributed by atoms with Gasteiger partial charge in [-0.1, -0.05) is 6.92 Å². The van der Waals surface area contributed by atoms with Crippen LogP contribution in [0, 0.1) is 11.8 Å². The summed E-state index contributed by atoms with van der Waals surface area (Å²) in [6.07, 6.45) is 4.76. The first-order valence-electron chi connectivity index (χ1n) is 6.57. The second-order valence-electron chi connectivity index (χ2n) is 5.07. The summed E-state index contributed by atoms with van der Waals surface area (Å²) in [6, 6.07) is 2.01. The Hall–Kier alpha value is -1.62. The summed E-state index contributed by atoms with van der Waals surface area (Å²) in [7, 11) is 0. The average Bonchev–Trinajstić information content (AvgIpc) is 2.86. The smallest absolute Gasteiger partial charge is 0.142 e. The molecule has 0 radical (unpaired) electrons. The monoisotopic (exact) mass is 245 g/mol. The zero-order chi connectivity index (χ0) is 12.4. The minimum atomic E-state index is 0.669. The fraction of sp³-hybridized carbons (Fsp3) is 0.538. The van der Waals surface area contributed by atoms with Gasteiger partial charge >= 0.3 is 0 Å². The first-order chi connectivity index (χ1) is 8.84. The number of aromatic amines is 1. The summed E-state index contributed by atoms with van der Waals surface area (Å²) >= 11 is 0. The summed E-state index contributed by atoms with van der Waals surface area (Å²) in [5.41, 5.74) is 0.891. The third-order valence-electron chi connectivity index (χ3n) is 3.87. The topological polar surface area (TPSA) is 65.6 Å². The Morgan fingerprint density at radius 3 is 3.28 bits per heavy atom. The molecule has 1 aliphatic rings. The van der Waals surface area contributed by atoms with Crippen molar-refractivity contribution in [3.63, 3.8) is 0 Å². The fourth-order valence-corrected chi connectivity index (χ4v) is 2.57. The molecule has 18 heavy (non-hydrogen) atoms. The zero-order valence-corrected chi connectivity index (χ0v) is 10.6. The van der Waals surface area contributed by atoms with Crippen molar-refractivity contribution in [2.75, 3.05) is 25.0 Å². The van der Waals surface area contributed by atoms with Crippen LogP contribution in [0.5, 0.6) is 0 Å². The summed E-state index contributed by atoms with van der Waals surface area (Å²) in [5, 5.41) is 7.98. The molecular formula is C13H19N5. The van der Waals surface area contributed by atoms with Gasteiger partial charge in [0.05, 0.1) is 5.39 Å². The molecule has 5 nitrogen and oxygen atoms in total. The number of hydrogen-bond donors (Lipinski definition) is 3. The van der Waals surface area contributed by atoms with Crippen LogP contribution in [-0.4, -0.2) is 34.6 Å². The molecule has 0 aromatic carbocycles. The SMILES string of the molecule is CC1CCNCC1CNc1ncnc2[nH]ccc12. The van der Waals surface area contributed by atoms with Gasteiger partial charge in [0.15, 0.2) is 0 Å². The fourth-order valence-electron chi connectivity index (χ4n) is 2.57. The number of nitrogens with one attached hydrogen (secondary N) is 3. The largest absolute Gasteiger partial charge is 0.369 e. The molecule has 2 aromatic rings. The predicted molar refractivity (Wildman–Crippen MR) is 72.5 cm³/mol. The number of fused-ring (bicyclic) bond motifs is 1. The lowest BCUT2D eigenvalue weighted by Crippen LogP contribution is -2.39. The van der Waals surface area contributed by atoms with Crippen LogP contribution >= 0.6 is 0 Å². The van der Waals surface area contributed by atoms with Crippen LogP contribution in [0.15, 0.2) is 18.6 Å². The number of nitrogens with zero attached hydrogens (tertiary/aromatic N) is 2. The molecule has 0 saturated carbocycles. The maximum absolute atomic E-state index is 4.33. The third-order valence-corrected chi connectivity index (χ3v) is 3.87. The summed E-state index contributed by atoms with van der Waals surface area (Å²) < 4.78 is 0. The van der Waals surface area contributed by atoms with Crippen molar-refractivity contribution in [2.45, 2.75) is 13.3 Å². The van der Waals surface area contributed by atoms with Gasteiger partial charge < -0.3 is 15.6 Å². The van der Waals surface area contributed by atoms with E-state index in [9.17, 15) is 0 Å². The van der Waals surface area contributed by atoms with Gasteiger partial charge in [0.1, 0.15) is 17.8 Å². The van der Waals surface area contributed by atoms with Gasteiger partial charge in [0, 0.05) is 12.7 Å². The van der Waals surface area contributed by atoms with Crippen molar-refractivity contribution < 1.29 is 0 Å². The highest BCUT2D eigenvalue weighted by molar-refractivity contribution is 5.86. The molecule has 3 heterocycles. The lowest BCUT2D eigenvalue weighted by atomic mass is 9.88. The van der Waals surface area contributed by atoms with E-state index >= 15 is 0 Å². The van der Waals surface area contributed by atoms with Crippen LogP contribution in [0.4, 0.5) is 5.82 Å². The molecule has 0 aliphatic carbocycles. The molecule has 96 valence electrons. The average molecular weight is 245 g/mol. The van der Waals surface area contributed by atoms with Crippen LogP contribution in [0.2, 0.25) is 0 Å². The van der Waals surface area contributed by atoms with Gasteiger partial charge in [0.25, 0.3) is 0 Å². The van der Waals surface area contributed by atoms with Crippen LogP contribution in [0.25, 0.3) is 11.0 Å². The second kappa shape index (κ2) is 4.94. The number of piperidine rings is 1. The molecule has 0 amide bonds. The van der Waals surface area contributed by atoms with Crippen molar-refractivity contribution in [3.8, 4) is 0 Å². The summed E-state index contributed by atoms with van der Waals surface area (Å²) in [5.74, 6) is 2.36. The van der Waals surface area contributed by atoms with E-state index < -0.39 is 0 Å². The molecule has 2 aromatic heterocycles. The van der Waals surface area contributed by atoms with E-state index in [1.54, 1.807) is 6.33 Å². The van der Waals surface area contributed by atoms with Crippen molar-refractivity contribution in [1.82, 2.24) is 20.3 Å². The molecule has 2 unspecified atom stereocenters. The maximum atomic E-state index is 4.33. The maximum Gasteiger partial charge on any atom is 0.142 e. The van der Waals surface area contributed by atoms with Crippen LogP contribution in [-0.2, 0) is 0 Å². The normalized spacial score (nSPS) is 24.3. The Kier molecular flexibility index (Phi) is 3.15. The van der Waals surface area contributed by atoms with E-state index in [0.29, 0.717) is 5.92 Å². The highest BCUT2D eigenvalue weighted by atomic mass is 15.0. The summed E-state index contributed by atoms with van der Waals surface area (Å²) in [4.78, 5) is 11.6.